The van der Waals surface area contributed by atoms with Gasteiger partial charge in [-0.3, -0.25) is 14.4 Å². The van der Waals surface area contributed by atoms with Gasteiger partial charge in [0, 0.05) is 10.6 Å². The molecule has 1 aliphatic rings. The number of carbonyl (C=O) groups excluding carboxylic acids is 1. The number of hydrogen-bond acceptors (Lipinski definition) is 6. The van der Waals surface area contributed by atoms with Crippen LogP contribution in [0.1, 0.15) is 31.8 Å². The van der Waals surface area contributed by atoms with Gasteiger partial charge in [0.25, 0.3) is 16.8 Å². The summed E-state index contributed by atoms with van der Waals surface area (Å²) in [5.41, 5.74) is -1.56. The number of aryl methyl sites for hydroxylation is 1. The number of nitrogens with one attached hydrogen (secondary N) is 1. The predicted molar refractivity (Wildman–Crippen MR) is 111 cm³/mol. The normalized spacial score (nSPS) is 12.9. The number of rotatable bonds is 5. The molecule has 31 heavy (non-hydrogen) atoms. The standard InChI is InChI=1S/C21H14ClFN2O6/c1-8-3-4-9(21(29)30)13(5-8)25-7-10-11(22)6-12(23)15(14(10)20(25)28)24-16-17(26)18(27)19(16)31-2/h3-6,24H,7H2,1-2H3,(H,29,30). The van der Waals surface area contributed by atoms with Crippen molar-refractivity contribution < 1.29 is 23.8 Å². The highest BCUT2D eigenvalue weighted by Crippen LogP contribution is 2.41. The summed E-state index contributed by atoms with van der Waals surface area (Å²) < 4.78 is 19.6. The number of carbonyl (C=O) groups is 2. The summed E-state index contributed by atoms with van der Waals surface area (Å²) in [6, 6.07) is 5.48. The predicted octanol–water partition coefficient (Wildman–Crippen LogP) is 2.99. The molecular weight excluding hydrogens is 431 g/mol. The average molecular weight is 445 g/mol. The molecule has 0 radical (unpaired) electrons. The third kappa shape index (κ3) is 3.05. The van der Waals surface area contributed by atoms with Gasteiger partial charge in [0.1, 0.15) is 11.5 Å². The molecule has 10 heteroatoms. The highest BCUT2D eigenvalue weighted by Gasteiger charge is 2.37. The minimum Gasteiger partial charge on any atom is -0.491 e. The minimum atomic E-state index is -1.23. The van der Waals surface area contributed by atoms with Crippen LogP contribution in [0.2, 0.25) is 5.02 Å². The molecule has 0 atom stereocenters. The molecule has 2 N–H and O–H groups in total. The van der Waals surface area contributed by atoms with Crippen molar-refractivity contribution in [3.63, 3.8) is 0 Å². The molecule has 0 spiro atoms. The van der Waals surface area contributed by atoms with E-state index in [0.29, 0.717) is 5.56 Å². The molecule has 0 aromatic heterocycles. The van der Waals surface area contributed by atoms with Gasteiger partial charge in [-0.15, -0.1) is 0 Å². The lowest BCUT2D eigenvalue weighted by Gasteiger charge is -2.19. The van der Waals surface area contributed by atoms with Gasteiger partial charge in [-0.05, 0) is 30.7 Å². The first-order valence-electron chi connectivity index (χ1n) is 8.96. The Balaban J connectivity index is 1.85. The van der Waals surface area contributed by atoms with Crippen LogP contribution < -0.4 is 25.8 Å². The van der Waals surface area contributed by atoms with Crippen molar-refractivity contribution >= 4 is 40.5 Å². The van der Waals surface area contributed by atoms with Crippen molar-refractivity contribution in [1.29, 1.82) is 0 Å². The van der Waals surface area contributed by atoms with Gasteiger partial charge in [-0.25, -0.2) is 9.18 Å². The first-order valence-corrected chi connectivity index (χ1v) is 9.34. The summed E-state index contributed by atoms with van der Waals surface area (Å²) in [6.07, 6.45) is 0. The highest BCUT2D eigenvalue weighted by atomic mass is 35.5. The van der Waals surface area contributed by atoms with E-state index in [2.05, 4.69) is 5.32 Å². The van der Waals surface area contributed by atoms with Crippen molar-refractivity contribution in [2.75, 3.05) is 17.3 Å². The highest BCUT2D eigenvalue weighted by molar-refractivity contribution is 6.33. The molecule has 0 bridgehead atoms. The number of aromatic carboxylic acids is 1. The Labute approximate surface area is 179 Å². The number of carboxylic acid groups (broad SMARTS) is 1. The lowest BCUT2D eigenvalue weighted by atomic mass is 10.1. The zero-order chi connectivity index (χ0) is 22.6. The second-order valence-corrected chi connectivity index (χ2v) is 7.38. The van der Waals surface area contributed by atoms with E-state index in [0.717, 1.165) is 6.07 Å². The Kier molecular flexibility index (Phi) is 4.78. The van der Waals surface area contributed by atoms with E-state index in [1.54, 1.807) is 13.0 Å². The first kappa shape index (κ1) is 20.5. The van der Waals surface area contributed by atoms with Gasteiger partial charge in [0.15, 0.2) is 5.75 Å². The third-order valence-electron chi connectivity index (χ3n) is 5.10. The Morgan fingerprint density at radius 3 is 2.55 bits per heavy atom. The molecule has 158 valence electrons. The Hall–Kier alpha value is -3.72. The van der Waals surface area contributed by atoms with Crippen molar-refractivity contribution in [2.24, 2.45) is 0 Å². The van der Waals surface area contributed by atoms with Crippen molar-refractivity contribution in [2.45, 2.75) is 13.5 Å². The maximum atomic E-state index is 14.8. The van der Waals surface area contributed by atoms with Gasteiger partial charge >= 0.3 is 5.97 Å². The van der Waals surface area contributed by atoms with Crippen LogP contribution in [0.25, 0.3) is 0 Å². The average Bonchev–Trinajstić information content (AvgIpc) is 3.07. The number of methoxy groups -OCH3 is 1. The molecule has 0 aliphatic carbocycles. The maximum absolute atomic E-state index is 14.8. The number of fused-ring (bicyclic) bond motifs is 1. The largest absolute Gasteiger partial charge is 0.491 e. The van der Waals surface area contributed by atoms with Gasteiger partial charge in [-0.1, -0.05) is 17.7 Å². The molecule has 1 aliphatic heterocycles. The number of nitrogens with zero attached hydrogens (tertiary/aromatic N) is 1. The molecule has 3 aromatic carbocycles. The molecular formula is C21H14ClFN2O6. The number of carboxylic acids is 1. The Bertz CT molecular complexity index is 1360. The van der Waals surface area contributed by atoms with E-state index in [9.17, 15) is 28.7 Å². The minimum absolute atomic E-state index is 0.0321. The maximum Gasteiger partial charge on any atom is 0.337 e. The van der Waals surface area contributed by atoms with Crippen LogP contribution in [0.3, 0.4) is 0 Å². The van der Waals surface area contributed by atoms with E-state index in [-0.39, 0.29) is 51.1 Å². The van der Waals surface area contributed by atoms with Crippen LogP contribution in [0.4, 0.5) is 21.5 Å². The molecule has 0 saturated carbocycles. The Morgan fingerprint density at radius 1 is 1.19 bits per heavy atom. The van der Waals surface area contributed by atoms with Crippen molar-refractivity contribution in [1.82, 2.24) is 0 Å². The molecule has 1 heterocycles. The topological polar surface area (TPSA) is 113 Å². The van der Waals surface area contributed by atoms with Crippen LogP contribution in [-0.2, 0) is 6.54 Å². The van der Waals surface area contributed by atoms with Gasteiger partial charge in [0.2, 0.25) is 0 Å². The quantitative estimate of drug-likeness (QED) is 0.581. The Morgan fingerprint density at radius 2 is 1.90 bits per heavy atom. The summed E-state index contributed by atoms with van der Waals surface area (Å²) in [5, 5.41) is 12.0. The van der Waals surface area contributed by atoms with Crippen LogP contribution in [0.15, 0.2) is 33.9 Å². The molecule has 0 unspecified atom stereocenters. The number of benzene rings is 2. The monoisotopic (exact) mass is 444 g/mol. The molecule has 3 aromatic rings. The SMILES string of the molecule is COc1c(Nc2c(F)cc(Cl)c3c2C(=O)N(c2cc(C)ccc2C(=O)O)C3)c(=O)c1=O. The summed E-state index contributed by atoms with van der Waals surface area (Å²) in [4.78, 5) is 49.6. The van der Waals surface area contributed by atoms with E-state index in [1.807, 2.05) is 0 Å². The number of halogens is 2. The lowest BCUT2D eigenvalue weighted by Crippen LogP contribution is -2.35. The van der Waals surface area contributed by atoms with E-state index >= 15 is 0 Å². The van der Waals surface area contributed by atoms with Crippen molar-refractivity contribution in [3.8, 4) is 5.75 Å². The first-order chi connectivity index (χ1) is 14.6. The summed E-state index contributed by atoms with van der Waals surface area (Å²) in [6.45, 7) is 1.63. The van der Waals surface area contributed by atoms with E-state index in [4.69, 9.17) is 16.3 Å². The smallest absolute Gasteiger partial charge is 0.337 e. The molecule has 4 rings (SSSR count). The number of anilines is 3. The zero-order valence-corrected chi connectivity index (χ0v) is 17.0. The number of amides is 1. The molecule has 1 amide bonds. The second-order valence-electron chi connectivity index (χ2n) is 6.98. The van der Waals surface area contributed by atoms with Gasteiger partial charge in [-0.2, -0.15) is 0 Å². The third-order valence-corrected chi connectivity index (χ3v) is 5.44. The fourth-order valence-corrected chi connectivity index (χ4v) is 3.83. The van der Waals surface area contributed by atoms with Gasteiger partial charge < -0.3 is 20.1 Å². The number of hydrogen-bond donors (Lipinski definition) is 2. The molecule has 0 fully saturated rings. The fourth-order valence-electron chi connectivity index (χ4n) is 3.58. The summed E-state index contributed by atoms with van der Waals surface area (Å²) >= 11 is 6.17. The van der Waals surface area contributed by atoms with Crippen molar-refractivity contribution in [3.05, 3.63) is 77.8 Å². The number of ether oxygens (including phenoxy) is 1. The molecule has 0 saturated heterocycles. The second kappa shape index (κ2) is 7.21. The van der Waals surface area contributed by atoms with E-state index in [1.165, 1.54) is 24.1 Å². The van der Waals surface area contributed by atoms with Crippen LogP contribution >= 0.6 is 11.6 Å². The lowest BCUT2D eigenvalue weighted by molar-refractivity contribution is 0.0697. The van der Waals surface area contributed by atoms with Crippen LogP contribution in [0.5, 0.6) is 5.75 Å². The van der Waals surface area contributed by atoms with Crippen LogP contribution in [0, 0.1) is 12.7 Å². The van der Waals surface area contributed by atoms with Crippen LogP contribution in [-0.4, -0.2) is 24.1 Å². The van der Waals surface area contributed by atoms with E-state index < -0.39 is 28.6 Å². The summed E-state index contributed by atoms with van der Waals surface area (Å²) in [5.74, 6) is -3.13. The zero-order valence-electron chi connectivity index (χ0n) is 16.2. The molecule has 8 nitrogen and oxygen atoms in total. The van der Waals surface area contributed by atoms with Gasteiger partial charge in [0.05, 0.1) is 36.2 Å². The summed E-state index contributed by atoms with van der Waals surface area (Å²) in [7, 11) is 1.18. The fraction of sp³-hybridized carbons (Fsp3) is 0.143.